The minimum absolute atomic E-state index is 0.232. The Morgan fingerprint density at radius 2 is 2.20 bits per heavy atom. The van der Waals surface area contributed by atoms with Crippen molar-refractivity contribution in [2.24, 2.45) is 0 Å². The summed E-state index contributed by atoms with van der Waals surface area (Å²) in [6, 6.07) is 6.12. The molecule has 1 aromatic heterocycles. The monoisotopic (exact) mass is 206 g/mol. The molecule has 3 nitrogen and oxygen atoms in total. The first-order chi connectivity index (χ1) is 7.11. The summed E-state index contributed by atoms with van der Waals surface area (Å²) in [4.78, 5) is 17.4. The molecule has 0 bridgehead atoms. The first-order valence-corrected chi connectivity index (χ1v) is 5.18. The summed E-state index contributed by atoms with van der Waals surface area (Å²) in [5, 5.41) is 0. The van der Waals surface area contributed by atoms with Crippen molar-refractivity contribution in [3.8, 4) is 0 Å². The Bertz CT molecular complexity index is 309. The maximum atomic E-state index is 11.0. The van der Waals surface area contributed by atoms with Gasteiger partial charge in [-0.2, -0.15) is 0 Å². The molecule has 3 heteroatoms. The third-order valence-electron chi connectivity index (χ3n) is 2.42. The molecule has 0 radical (unpaired) electrons. The topological polar surface area (TPSA) is 33.2 Å². The van der Waals surface area contributed by atoms with Gasteiger partial charge in [-0.3, -0.25) is 4.98 Å². The highest BCUT2D eigenvalue weighted by molar-refractivity contribution is 5.75. The van der Waals surface area contributed by atoms with E-state index in [0.29, 0.717) is 6.42 Å². The standard InChI is InChI=1S/C12H18N2O/c1-10(15)7-8-12(14(2)3)11-6-4-5-9-13-11/h4-6,9,12H,7-8H2,1-3H3. The molecule has 1 rings (SSSR count). The van der Waals surface area contributed by atoms with Crippen LogP contribution in [-0.4, -0.2) is 29.8 Å². The van der Waals surface area contributed by atoms with Gasteiger partial charge in [0, 0.05) is 12.6 Å². The Balaban J connectivity index is 2.70. The van der Waals surface area contributed by atoms with Crippen molar-refractivity contribution in [3.63, 3.8) is 0 Å². The highest BCUT2D eigenvalue weighted by atomic mass is 16.1. The molecule has 1 heterocycles. The number of nitrogens with zero attached hydrogens (tertiary/aromatic N) is 2. The Morgan fingerprint density at radius 3 is 2.67 bits per heavy atom. The summed E-state index contributed by atoms with van der Waals surface area (Å²) in [5.74, 6) is 0.234. The van der Waals surface area contributed by atoms with E-state index in [1.807, 2.05) is 32.3 Å². The van der Waals surface area contributed by atoms with E-state index in [0.717, 1.165) is 12.1 Å². The van der Waals surface area contributed by atoms with Crippen LogP contribution in [-0.2, 0) is 4.79 Å². The fourth-order valence-corrected chi connectivity index (χ4v) is 1.58. The second-order valence-corrected chi connectivity index (χ2v) is 3.97. The van der Waals surface area contributed by atoms with E-state index in [1.54, 1.807) is 13.1 Å². The summed E-state index contributed by atoms with van der Waals surface area (Å²) in [6.07, 6.45) is 3.23. The van der Waals surface area contributed by atoms with Gasteiger partial charge in [0.15, 0.2) is 0 Å². The van der Waals surface area contributed by atoms with Crippen molar-refractivity contribution in [3.05, 3.63) is 30.1 Å². The normalized spacial score (nSPS) is 12.8. The predicted molar refractivity (Wildman–Crippen MR) is 60.6 cm³/mol. The summed E-state index contributed by atoms with van der Waals surface area (Å²) in [6.45, 7) is 1.63. The number of Topliss-reactive ketones (excluding diaryl/α,β-unsaturated/α-hetero) is 1. The van der Waals surface area contributed by atoms with Gasteiger partial charge in [0.05, 0.1) is 11.7 Å². The lowest BCUT2D eigenvalue weighted by atomic mass is 10.0. The van der Waals surface area contributed by atoms with E-state index in [2.05, 4.69) is 9.88 Å². The van der Waals surface area contributed by atoms with Crippen LogP contribution in [0.3, 0.4) is 0 Å². The van der Waals surface area contributed by atoms with Crippen molar-refractivity contribution in [2.45, 2.75) is 25.8 Å². The molecule has 0 amide bonds. The molecule has 0 aliphatic rings. The Morgan fingerprint density at radius 1 is 1.47 bits per heavy atom. The third kappa shape index (κ3) is 3.80. The van der Waals surface area contributed by atoms with Crippen LogP contribution in [0.1, 0.15) is 31.5 Å². The lowest BCUT2D eigenvalue weighted by molar-refractivity contribution is -0.117. The number of hydrogen-bond donors (Lipinski definition) is 0. The SMILES string of the molecule is CC(=O)CCC(c1ccccn1)N(C)C. The summed E-state index contributed by atoms with van der Waals surface area (Å²) in [7, 11) is 4.03. The van der Waals surface area contributed by atoms with Crippen LogP contribution < -0.4 is 0 Å². The maximum absolute atomic E-state index is 11.0. The number of carbonyl (C=O) groups excluding carboxylic acids is 1. The molecule has 15 heavy (non-hydrogen) atoms. The lowest BCUT2D eigenvalue weighted by Crippen LogP contribution is -2.21. The van der Waals surface area contributed by atoms with Gasteiger partial charge >= 0.3 is 0 Å². The van der Waals surface area contributed by atoms with Gasteiger partial charge in [-0.25, -0.2) is 0 Å². The van der Waals surface area contributed by atoms with Crippen molar-refractivity contribution in [2.75, 3.05) is 14.1 Å². The number of pyridine rings is 1. The molecule has 0 saturated heterocycles. The number of rotatable bonds is 5. The molecule has 0 aliphatic heterocycles. The third-order valence-corrected chi connectivity index (χ3v) is 2.42. The Kier molecular flexibility index (Phi) is 4.43. The van der Waals surface area contributed by atoms with E-state index in [4.69, 9.17) is 0 Å². The quantitative estimate of drug-likeness (QED) is 0.739. The van der Waals surface area contributed by atoms with Gasteiger partial charge in [-0.1, -0.05) is 6.07 Å². The summed E-state index contributed by atoms with van der Waals surface area (Å²) < 4.78 is 0. The second kappa shape index (κ2) is 5.61. The molecule has 0 N–H and O–H groups in total. The predicted octanol–water partition coefficient (Wildman–Crippen LogP) is 2.05. The van der Waals surface area contributed by atoms with E-state index < -0.39 is 0 Å². The minimum Gasteiger partial charge on any atom is -0.301 e. The zero-order chi connectivity index (χ0) is 11.3. The number of aromatic nitrogens is 1. The summed E-state index contributed by atoms with van der Waals surface area (Å²) >= 11 is 0. The van der Waals surface area contributed by atoms with Crippen LogP contribution >= 0.6 is 0 Å². The van der Waals surface area contributed by atoms with E-state index >= 15 is 0 Å². The smallest absolute Gasteiger partial charge is 0.129 e. The van der Waals surface area contributed by atoms with Crippen molar-refractivity contribution in [1.82, 2.24) is 9.88 Å². The van der Waals surface area contributed by atoms with Crippen LogP contribution in [0, 0.1) is 0 Å². The largest absolute Gasteiger partial charge is 0.301 e. The van der Waals surface area contributed by atoms with Gasteiger partial charge in [0.25, 0.3) is 0 Å². The molecular formula is C12H18N2O. The van der Waals surface area contributed by atoms with Gasteiger partial charge in [0.1, 0.15) is 5.78 Å². The molecule has 0 aliphatic carbocycles. The molecule has 0 spiro atoms. The first kappa shape index (κ1) is 11.9. The van der Waals surface area contributed by atoms with E-state index in [9.17, 15) is 4.79 Å². The van der Waals surface area contributed by atoms with E-state index in [-0.39, 0.29) is 11.8 Å². The van der Waals surface area contributed by atoms with Crippen LogP contribution in [0.5, 0.6) is 0 Å². The Labute approximate surface area is 91.1 Å². The zero-order valence-electron chi connectivity index (χ0n) is 9.60. The van der Waals surface area contributed by atoms with Crippen LogP contribution in [0.25, 0.3) is 0 Å². The highest BCUT2D eigenvalue weighted by Gasteiger charge is 2.15. The van der Waals surface area contributed by atoms with E-state index in [1.165, 1.54) is 0 Å². The highest BCUT2D eigenvalue weighted by Crippen LogP contribution is 2.21. The first-order valence-electron chi connectivity index (χ1n) is 5.18. The molecule has 0 saturated carbocycles. The van der Waals surface area contributed by atoms with Crippen molar-refractivity contribution in [1.29, 1.82) is 0 Å². The average molecular weight is 206 g/mol. The fourth-order valence-electron chi connectivity index (χ4n) is 1.58. The van der Waals surface area contributed by atoms with Gasteiger partial charge in [-0.05, 0) is 39.6 Å². The molecule has 0 aromatic carbocycles. The number of carbonyl (C=O) groups is 1. The second-order valence-electron chi connectivity index (χ2n) is 3.97. The van der Waals surface area contributed by atoms with Gasteiger partial charge in [0.2, 0.25) is 0 Å². The molecule has 1 unspecified atom stereocenters. The molecule has 82 valence electrons. The number of hydrogen-bond acceptors (Lipinski definition) is 3. The van der Waals surface area contributed by atoms with Gasteiger partial charge < -0.3 is 9.69 Å². The van der Waals surface area contributed by atoms with Crippen LogP contribution in [0.15, 0.2) is 24.4 Å². The molecular weight excluding hydrogens is 188 g/mol. The van der Waals surface area contributed by atoms with Gasteiger partial charge in [-0.15, -0.1) is 0 Å². The number of ketones is 1. The zero-order valence-corrected chi connectivity index (χ0v) is 9.60. The minimum atomic E-state index is 0.232. The van der Waals surface area contributed by atoms with Crippen molar-refractivity contribution >= 4 is 5.78 Å². The lowest BCUT2D eigenvalue weighted by Gasteiger charge is -2.23. The Hall–Kier alpha value is -1.22. The maximum Gasteiger partial charge on any atom is 0.129 e. The van der Waals surface area contributed by atoms with Crippen molar-refractivity contribution < 1.29 is 4.79 Å². The van der Waals surface area contributed by atoms with Crippen LogP contribution in [0.4, 0.5) is 0 Å². The molecule has 0 fully saturated rings. The van der Waals surface area contributed by atoms with Crippen LogP contribution in [0.2, 0.25) is 0 Å². The molecule has 1 aromatic rings. The summed E-state index contributed by atoms with van der Waals surface area (Å²) in [5.41, 5.74) is 1.03. The molecule has 1 atom stereocenters. The fraction of sp³-hybridized carbons (Fsp3) is 0.500. The average Bonchev–Trinajstić information content (AvgIpc) is 2.18.